The lowest BCUT2D eigenvalue weighted by Gasteiger charge is -2.24. The molecule has 2 unspecified atom stereocenters. The topological polar surface area (TPSA) is 78.5 Å². The molecule has 0 saturated carbocycles. The van der Waals surface area contributed by atoms with Crippen LogP contribution in [0.15, 0.2) is 24.3 Å². The van der Waals surface area contributed by atoms with E-state index < -0.39 is 6.04 Å². The molecule has 1 aromatic carbocycles. The van der Waals surface area contributed by atoms with Crippen LogP contribution in [0.3, 0.4) is 0 Å². The molecule has 6 nitrogen and oxygen atoms in total. The summed E-state index contributed by atoms with van der Waals surface area (Å²) in [4.78, 5) is 38.5. The van der Waals surface area contributed by atoms with Crippen molar-refractivity contribution in [1.82, 2.24) is 15.5 Å². The minimum atomic E-state index is -0.605. The Morgan fingerprint density at radius 3 is 2.56 bits per heavy atom. The third kappa shape index (κ3) is 6.24. The molecule has 27 heavy (non-hydrogen) atoms. The fourth-order valence-corrected chi connectivity index (χ4v) is 3.19. The van der Waals surface area contributed by atoms with Crippen molar-refractivity contribution in [3.8, 4) is 0 Å². The smallest absolute Gasteiger partial charge is 0.251 e. The van der Waals surface area contributed by atoms with Crippen LogP contribution in [0, 0.1) is 5.92 Å². The van der Waals surface area contributed by atoms with Gasteiger partial charge in [0.1, 0.15) is 6.04 Å². The zero-order valence-corrected chi connectivity index (χ0v) is 16.7. The van der Waals surface area contributed by atoms with Gasteiger partial charge in [-0.3, -0.25) is 14.4 Å². The van der Waals surface area contributed by atoms with Gasteiger partial charge in [0.15, 0.2) is 0 Å². The Kier molecular flexibility index (Phi) is 8.10. The Hall–Kier alpha value is -2.08. The second kappa shape index (κ2) is 10.3. The van der Waals surface area contributed by atoms with Gasteiger partial charge in [0.2, 0.25) is 11.8 Å². The van der Waals surface area contributed by atoms with E-state index in [4.69, 9.17) is 11.6 Å². The second-order valence-electron chi connectivity index (χ2n) is 6.97. The maximum Gasteiger partial charge on any atom is 0.251 e. The Balaban J connectivity index is 1.86. The molecular formula is C20H28ClN3O3. The van der Waals surface area contributed by atoms with Crippen LogP contribution >= 0.6 is 11.6 Å². The summed E-state index contributed by atoms with van der Waals surface area (Å²) in [6.45, 7) is 5.86. The van der Waals surface area contributed by atoms with Gasteiger partial charge in [0.05, 0.1) is 0 Å². The highest BCUT2D eigenvalue weighted by Gasteiger charge is 2.26. The molecule has 0 aliphatic carbocycles. The summed E-state index contributed by atoms with van der Waals surface area (Å²) < 4.78 is 0. The van der Waals surface area contributed by atoms with Gasteiger partial charge in [-0.05, 0) is 43.0 Å². The van der Waals surface area contributed by atoms with Gasteiger partial charge in [-0.25, -0.2) is 0 Å². The number of carbonyl (C=O) groups is 3. The lowest BCUT2D eigenvalue weighted by molar-refractivity contribution is -0.127. The van der Waals surface area contributed by atoms with Gasteiger partial charge >= 0.3 is 0 Å². The average Bonchev–Trinajstić information content (AvgIpc) is 3.07. The normalized spacial score (nSPS) is 16.1. The number of rotatable bonds is 9. The summed E-state index contributed by atoms with van der Waals surface area (Å²) in [5.41, 5.74) is 0.466. The molecule has 0 radical (unpaired) electrons. The van der Waals surface area contributed by atoms with Crippen LogP contribution in [-0.2, 0) is 9.59 Å². The number of hydrogen-bond donors (Lipinski definition) is 2. The Labute approximate surface area is 165 Å². The molecule has 0 aromatic heterocycles. The second-order valence-corrected chi connectivity index (χ2v) is 7.41. The zero-order chi connectivity index (χ0) is 19.8. The van der Waals surface area contributed by atoms with Crippen molar-refractivity contribution in [2.24, 2.45) is 5.92 Å². The van der Waals surface area contributed by atoms with Gasteiger partial charge < -0.3 is 15.5 Å². The van der Waals surface area contributed by atoms with E-state index >= 15 is 0 Å². The van der Waals surface area contributed by atoms with Crippen molar-refractivity contribution in [2.75, 3.05) is 19.6 Å². The SMILES string of the molecule is CCC(C)C(NC(=O)c1ccc(Cl)cc1)C(=O)NCCCN1CCCC1=O. The van der Waals surface area contributed by atoms with E-state index in [1.807, 2.05) is 18.7 Å². The van der Waals surface area contributed by atoms with Gasteiger partial charge in [-0.2, -0.15) is 0 Å². The summed E-state index contributed by atoms with van der Waals surface area (Å²) in [6.07, 6.45) is 3.01. The zero-order valence-electron chi connectivity index (χ0n) is 16.0. The third-order valence-corrected chi connectivity index (χ3v) is 5.22. The van der Waals surface area contributed by atoms with Crippen LogP contribution in [0.1, 0.15) is 49.9 Å². The summed E-state index contributed by atoms with van der Waals surface area (Å²) in [6, 6.07) is 5.96. The van der Waals surface area contributed by atoms with Crippen molar-refractivity contribution in [2.45, 2.75) is 45.6 Å². The van der Waals surface area contributed by atoms with Crippen LogP contribution in [-0.4, -0.2) is 48.3 Å². The Morgan fingerprint density at radius 2 is 1.96 bits per heavy atom. The van der Waals surface area contributed by atoms with E-state index in [1.54, 1.807) is 24.3 Å². The molecule has 7 heteroatoms. The van der Waals surface area contributed by atoms with Crippen molar-refractivity contribution in [3.63, 3.8) is 0 Å². The summed E-state index contributed by atoms with van der Waals surface area (Å²) in [5, 5.41) is 6.28. The number of carbonyl (C=O) groups excluding carboxylic acids is 3. The third-order valence-electron chi connectivity index (χ3n) is 4.96. The number of hydrogen-bond acceptors (Lipinski definition) is 3. The fourth-order valence-electron chi connectivity index (χ4n) is 3.06. The highest BCUT2D eigenvalue weighted by Crippen LogP contribution is 2.13. The first-order valence-corrected chi connectivity index (χ1v) is 9.92. The minimum Gasteiger partial charge on any atom is -0.354 e. The van der Waals surface area contributed by atoms with Gasteiger partial charge in [0.25, 0.3) is 5.91 Å². The van der Waals surface area contributed by atoms with Gasteiger partial charge in [-0.1, -0.05) is 31.9 Å². The molecule has 1 aromatic rings. The van der Waals surface area contributed by atoms with E-state index in [2.05, 4.69) is 10.6 Å². The fraction of sp³-hybridized carbons (Fsp3) is 0.550. The maximum atomic E-state index is 12.6. The molecule has 1 heterocycles. The molecule has 1 fully saturated rings. The standard InChI is InChI=1S/C20H28ClN3O3/c1-3-14(2)18(23-19(26)15-7-9-16(21)10-8-15)20(27)22-11-5-13-24-12-4-6-17(24)25/h7-10,14,18H,3-6,11-13H2,1-2H3,(H,22,27)(H,23,26). The van der Waals surface area contributed by atoms with Crippen LogP contribution in [0.2, 0.25) is 5.02 Å². The number of benzene rings is 1. The average molecular weight is 394 g/mol. The largest absolute Gasteiger partial charge is 0.354 e. The molecule has 0 bridgehead atoms. The van der Waals surface area contributed by atoms with Gasteiger partial charge in [0, 0.05) is 36.6 Å². The Bertz CT molecular complexity index is 663. The summed E-state index contributed by atoms with van der Waals surface area (Å²) in [7, 11) is 0. The lowest BCUT2D eigenvalue weighted by Crippen LogP contribution is -2.50. The molecule has 2 rings (SSSR count). The molecule has 2 atom stereocenters. The van der Waals surface area contributed by atoms with Crippen molar-refractivity contribution >= 4 is 29.3 Å². The number of nitrogens with zero attached hydrogens (tertiary/aromatic N) is 1. The molecule has 3 amide bonds. The van der Waals surface area contributed by atoms with Crippen molar-refractivity contribution < 1.29 is 14.4 Å². The number of nitrogens with one attached hydrogen (secondary N) is 2. The van der Waals surface area contributed by atoms with E-state index in [1.165, 1.54) is 0 Å². The van der Waals surface area contributed by atoms with E-state index in [0.29, 0.717) is 36.5 Å². The van der Waals surface area contributed by atoms with E-state index in [0.717, 1.165) is 19.4 Å². The van der Waals surface area contributed by atoms with E-state index in [9.17, 15) is 14.4 Å². The van der Waals surface area contributed by atoms with Crippen LogP contribution < -0.4 is 10.6 Å². The first-order valence-electron chi connectivity index (χ1n) is 9.54. The first-order chi connectivity index (χ1) is 12.9. The maximum absolute atomic E-state index is 12.6. The van der Waals surface area contributed by atoms with Crippen LogP contribution in [0.5, 0.6) is 0 Å². The molecule has 1 aliphatic rings. The highest BCUT2D eigenvalue weighted by molar-refractivity contribution is 6.30. The van der Waals surface area contributed by atoms with Crippen LogP contribution in [0.25, 0.3) is 0 Å². The highest BCUT2D eigenvalue weighted by atomic mass is 35.5. The monoisotopic (exact) mass is 393 g/mol. The minimum absolute atomic E-state index is 0.00131. The van der Waals surface area contributed by atoms with E-state index in [-0.39, 0.29) is 23.6 Å². The number of amides is 3. The number of likely N-dealkylation sites (tertiary alicyclic amines) is 1. The Morgan fingerprint density at radius 1 is 1.26 bits per heavy atom. The van der Waals surface area contributed by atoms with Crippen molar-refractivity contribution in [1.29, 1.82) is 0 Å². The molecule has 148 valence electrons. The predicted octanol–water partition coefficient (Wildman–Crippen LogP) is 2.61. The van der Waals surface area contributed by atoms with Gasteiger partial charge in [-0.15, -0.1) is 0 Å². The molecular weight excluding hydrogens is 366 g/mol. The molecule has 1 saturated heterocycles. The molecule has 2 N–H and O–H groups in total. The predicted molar refractivity (Wildman–Crippen MR) is 106 cm³/mol. The van der Waals surface area contributed by atoms with Crippen molar-refractivity contribution in [3.05, 3.63) is 34.9 Å². The first kappa shape index (κ1) is 21.2. The lowest BCUT2D eigenvalue weighted by atomic mass is 9.97. The summed E-state index contributed by atoms with van der Waals surface area (Å²) >= 11 is 5.85. The molecule has 0 spiro atoms. The summed E-state index contributed by atoms with van der Waals surface area (Å²) in [5.74, 6) is -0.301. The van der Waals surface area contributed by atoms with Crippen LogP contribution in [0.4, 0.5) is 0 Å². The number of halogens is 1. The quantitative estimate of drug-likeness (QED) is 0.633. The molecule has 1 aliphatic heterocycles.